The van der Waals surface area contributed by atoms with Gasteiger partial charge in [-0.1, -0.05) is 75.1 Å². The Morgan fingerprint density at radius 1 is 0.872 bits per heavy atom. The number of rotatable bonds is 5. The van der Waals surface area contributed by atoms with Crippen LogP contribution in [0.4, 0.5) is 0 Å². The van der Waals surface area contributed by atoms with E-state index in [1.807, 2.05) is 61.5 Å². The first kappa shape index (κ1) is 34.4. The maximum Gasteiger partial charge on any atom is 0.216 e. The molecule has 7 rings (SSSR count). The fourth-order valence-electron chi connectivity index (χ4n) is 6.06. The molecule has 0 bridgehead atoms. The Morgan fingerprint density at radius 2 is 1.64 bits per heavy atom. The van der Waals surface area contributed by atoms with Crippen LogP contribution in [0.2, 0.25) is 19.6 Å². The van der Waals surface area contributed by atoms with Crippen LogP contribution in [0.1, 0.15) is 39.0 Å². The predicted octanol–water partition coefficient (Wildman–Crippen LogP) is 9.81. The number of furan rings is 1. The summed E-state index contributed by atoms with van der Waals surface area (Å²) in [6.45, 7) is 19.0. The van der Waals surface area contributed by atoms with Crippen LogP contribution in [0.25, 0.3) is 55.7 Å². The smallest absolute Gasteiger partial charge is 0.216 e. The van der Waals surface area contributed by atoms with Crippen molar-refractivity contribution in [2.24, 2.45) is 5.41 Å². The first-order valence-corrected chi connectivity index (χ1v) is 19.6. The Labute approximate surface area is 292 Å². The van der Waals surface area contributed by atoms with E-state index in [0.717, 1.165) is 68.7 Å². The third-order valence-corrected chi connectivity index (χ3v) is 10.2. The van der Waals surface area contributed by atoms with Crippen LogP contribution in [0, 0.1) is 24.5 Å². The zero-order valence-corrected chi connectivity index (χ0v) is 31.9. The standard InChI is InChI=1S/C21H16N3O.C19H26NSi.Ir/c1-3-24-18-10-5-4-9-17(18)23-20(24)16-8-6-7-14-15-12-11-13(2)22-21(15)25-19(14)16;1-19(2,3)13-16-12-17(15-10-8-7-9-11-15)20-14-18(16)21(4,5)6;/h4-7,9-12H,3H2,1-2H3;7-10,12,14H,13H2,1-6H3;/q2*-1;. The van der Waals surface area contributed by atoms with E-state index in [9.17, 15) is 0 Å². The second-order valence-corrected chi connectivity index (χ2v) is 19.2. The molecule has 4 heterocycles. The first-order valence-electron chi connectivity index (χ1n) is 16.1. The van der Waals surface area contributed by atoms with Crippen molar-refractivity contribution in [1.29, 1.82) is 0 Å². The fraction of sp³-hybridized carbons (Fsp3) is 0.275. The van der Waals surface area contributed by atoms with Gasteiger partial charge in [-0.25, -0.2) is 4.98 Å². The van der Waals surface area contributed by atoms with Gasteiger partial charge < -0.3 is 14.0 Å². The zero-order chi connectivity index (χ0) is 32.6. The monoisotopic (exact) mass is 815 g/mol. The average Bonchev–Trinajstić information content (AvgIpc) is 3.58. The maximum absolute atomic E-state index is 6.12. The van der Waals surface area contributed by atoms with Crippen LogP contribution in [0.15, 0.2) is 89.5 Å². The number of aromatic nitrogens is 4. The van der Waals surface area contributed by atoms with E-state index < -0.39 is 8.07 Å². The van der Waals surface area contributed by atoms with Gasteiger partial charge >= 0.3 is 0 Å². The minimum absolute atomic E-state index is 0. The van der Waals surface area contributed by atoms with E-state index >= 15 is 0 Å². The van der Waals surface area contributed by atoms with Gasteiger partial charge in [0.2, 0.25) is 5.71 Å². The van der Waals surface area contributed by atoms with Gasteiger partial charge in [-0.2, -0.15) is 0 Å². The van der Waals surface area contributed by atoms with Crippen LogP contribution in [-0.4, -0.2) is 27.6 Å². The molecular weight excluding hydrogens is 773 g/mol. The molecule has 0 fully saturated rings. The molecule has 0 unspecified atom stereocenters. The van der Waals surface area contributed by atoms with E-state index in [0.29, 0.717) is 5.71 Å². The zero-order valence-electron chi connectivity index (χ0n) is 28.5. The summed E-state index contributed by atoms with van der Waals surface area (Å²) in [5.74, 6) is 0.880. The van der Waals surface area contributed by atoms with Crippen LogP contribution in [-0.2, 0) is 33.1 Å². The molecule has 7 aromatic rings. The summed E-state index contributed by atoms with van der Waals surface area (Å²) >= 11 is 0. The summed E-state index contributed by atoms with van der Waals surface area (Å²) in [5.41, 5.74) is 9.24. The van der Waals surface area contributed by atoms with Crippen LogP contribution < -0.4 is 5.19 Å². The molecule has 0 saturated heterocycles. The molecule has 5 nitrogen and oxygen atoms in total. The molecule has 0 aliphatic carbocycles. The van der Waals surface area contributed by atoms with E-state index in [-0.39, 0.29) is 25.5 Å². The third kappa shape index (κ3) is 7.33. The Hall–Kier alpha value is -3.90. The molecule has 0 N–H and O–H groups in total. The minimum Gasteiger partial charge on any atom is -0.486 e. The van der Waals surface area contributed by atoms with Crippen molar-refractivity contribution < 1.29 is 24.5 Å². The van der Waals surface area contributed by atoms with Gasteiger partial charge in [-0.3, -0.25) is 4.98 Å². The summed E-state index contributed by atoms with van der Waals surface area (Å²) in [7, 11) is -1.37. The van der Waals surface area contributed by atoms with Crippen LogP contribution >= 0.6 is 0 Å². The topological polar surface area (TPSA) is 56.7 Å². The number of para-hydroxylation sites is 2. The molecule has 0 spiro atoms. The Morgan fingerprint density at radius 3 is 2.34 bits per heavy atom. The van der Waals surface area contributed by atoms with Gasteiger partial charge in [0.05, 0.1) is 30.5 Å². The normalized spacial score (nSPS) is 11.8. The Balaban J connectivity index is 0.000000184. The molecule has 0 aliphatic heterocycles. The molecule has 1 radical (unpaired) electrons. The van der Waals surface area contributed by atoms with Crippen molar-refractivity contribution in [2.75, 3.05) is 0 Å². The van der Waals surface area contributed by atoms with E-state index in [4.69, 9.17) is 14.4 Å². The molecular formula is C40H42IrN4OSi-2. The van der Waals surface area contributed by atoms with Gasteiger partial charge in [0.25, 0.3) is 0 Å². The number of imidazole rings is 1. The van der Waals surface area contributed by atoms with E-state index in [1.165, 1.54) is 10.8 Å². The summed E-state index contributed by atoms with van der Waals surface area (Å²) in [5, 5.41) is 3.55. The molecule has 0 saturated carbocycles. The summed E-state index contributed by atoms with van der Waals surface area (Å²) in [6.07, 6.45) is 3.21. The molecule has 0 atom stereocenters. The van der Waals surface area contributed by atoms with Gasteiger partial charge in [0.15, 0.2) is 0 Å². The summed E-state index contributed by atoms with van der Waals surface area (Å²) in [6, 6.07) is 33.2. The van der Waals surface area contributed by atoms with Crippen LogP contribution in [0.3, 0.4) is 0 Å². The van der Waals surface area contributed by atoms with Crippen LogP contribution in [0.5, 0.6) is 0 Å². The number of benzene rings is 3. The SMILES string of the molecule is CC(C)(C)Cc1cc(-c2[c-]cccc2)ncc1[Si](C)(C)C.CCn1c(-c2[c-]ccc3c2oc2nc(C)ccc23)nc2ccccc21.[Ir]. The van der Waals surface area contributed by atoms with Crippen molar-refractivity contribution >= 4 is 46.4 Å². The Kier molecular flexibility index (Phi) is 10.0. The maximum atomic E-state index is 6.12. The van der Waals surface area contributed by atoms with Gasteiger partial charge in [0, 0.05) is 43.9 Å². The van der Waals surface area contributed by atoms with Gasteiger partial charge in [-0.05, 0) is 60.8 Å². The van der Waals surface area contributed by atoms with E-state index in [1.54, 1.807) is 0 Å². The largest absolute Gasteiger partial charge is 0.486 e. The van der Waals surface area contributed by atoms with Crippen molar-refractivity contribution in [2.45, 2.75) is 67.2 Å². The Bertz CT molecular complexity index is 2150. The number of hydrogen-bond donors (Lipinski definition) is 0. The molecule has 4 aromatic heterocycles. The number of fused-ring (bicyclic) bond motifs is 4. The van der Waals surface area contributed by atoms with Gasteiger partial charge in [0.1, 0.15) is 0 Å². The van der Waals surface area contributed by atoms with Crippen molar-refractivity contribution in [3.05, 3.63) is 108 Å². The molecule has 47 heavy (non-hydrogen) atoms. The van der Waals surface area contributed by atoms with Crippen molar-refractivity contribution in [1.82, 2.24) is 19.5 Å². The molecule has 243 valence electrons. The average molecular weight is 815 g/mol. The summed E-state index contributed by atoms with van der Waals surface area (Å²) < 4.78 is 8.32. The third-order valence-electron chi connectivity index (χ3n) is 8.14. The fourth-order valence-corrected chi connectivity index (χ4v) is 7.63. The number of nitrogens with zero attached hydrogens (tertiary/aromatic N) is 4. The van der Waals surface area contributed by atoms with E-state index in [2.05, 4.69) is 99.5 Å². The minimum atomic E-state index is -1.37. The predicted molar refractivity (Wildman–Crippen MR) is 194 cm³/mol. The first-order chi connectivity index (χ1) is 21.9. The number of pyridine rings is 2. The molecule has 3 aromatic carbocycles. The second kappa shape index (κ2) is 13.7. The summed E-state index contributed by atoms with van der Waals surface area (Å²) in [4.78, 5) is 14.1. The number of aryl methyl sites for hydroxylation is 2. The van der Waals surface area contributed by atoms with Gasteiger partial charge in [-0.15, -0.1) is 54.1 Å². The molecule has 0 amide bonds. The quantitative estimate of drug-likeness (QED) is 0.128. The number of hydrogen-bond acceptors (Lipinski definition) is 4. The second-order valence-electron chi connectivity index (χ2n) is 14.2. The van der Waals surface area contributed by atoms with Crippen molar-refractivity contribution in [3.8, 4) is 22.6 Å². The van der Waals surface area contributed by atoms with Crippen molar-refractivity contribution in [3.63, 3.8) is 0 Å². The molecule has 0 aliphatic rings. The molecule has 7 heteroatoms.